The fourth-order valence-electron chi connectivity index (χ4n) is 1.04. The van der Waals surface area contributed by atoms with E-state index < -0.39 is 0 Å². The molecular formula is C6H7N7S. The van der Waals surface area contributed by atoms with Gasteiger partial charge in [-0.1, -0.05) is 17.0 Å². The Kier molecular flexibility index (Phi) is 2.27. The summed E-state index contributed by atoms with van der Waals surface area (Å²) in [6, 6.07) is 0. The molecule has 72 valence electrons. The SMILES string of the molecule is CSc1nc(NN=N)c2nc[nH]c2n1. The third-order valence-corrected chi connectivity index (χ3v) is 2.15. The van der Waals surface area contributed by atoms with Crippen LogP contribution in [0.4, 0.5) is 5.82 Å². The molecule has 0 aromatic carbocycles. The van der Waals surface area contributed by atoms with Crippen LogP contribution in [-0.4, -0.2) is 26.2 Å². The van der Waals surface area contributed by atoms with E-state index in [0.29, 0.717) is 22.1 Å². The van der Waals surface area contributed by atoms with Gasteiger partial charge in [0.2, 0.25) is 0 Å². The summed E-state index contributed by atoms with van der Waals surface area (Å²) in [5.74, 6) is 0.440. The van der Waals surface area contributed by atoms with Crippen LogP contribution in [0.15, 0.2) is 16.7 Å². The number of aromatic amines is 1. The van der Waals surface area contributed by atoms with Gasteiger partial charge in [0.05, 0.1) is 6.33 Å². The van der Waals surface area contributed by atoms with E-state index in [2.05, 4.69) is 30.6 Å². The molecule has 0 aliphatic rings. The molecule has 14 heavy (non-hydrogen) atoms. The van der Waals surface area contributed by atoms with Crippen molar-refractivity contribution in [1.29, 1.82) is 5.53 Å². The van der Waals surface area contributed by atoms with E-state index in [1.165, 1.54) is 18.1 Å². The van der Waals surface area contributed by atoms with Crippen LogP contribution in [0, 0.1) is 5.53 Å². The van der Waals surface area contributed by atoms with E-state index in [1.54, 1.807) is 0 Å². The van der Waals surface area contributed by atoms with Crippen LogP contribution in [-0.2, 0) is 0 Å². The highest BCUT2D eigenvalue weighted by Gasteiger charge is 2.08. The van der Waals surface area contributed by atoms with E-state index >= 15 is 0 Å². The second kappa shape index (κ2) is 3.58. The molecule has 0 saturated heterocycles. The number of rotatable bonds is 3. The summed E-state index contributed by atoms with van der Waals surface area (Å²) in [5.41, 5.74) is 10.4. The lowest BCUT2D eigenvalue weighted by Gasteiger charge is -2.00. The Bertz CT molecular complexity index is 464. The number of nitrogens with one attached hydrogen (secondary N) is 3. The number of hydrogen-bond acceptors (Lipinski definition) is 6. The van der Waals surface area contributed by atoms with Crippen molar-refractivity contribution in [2.75, 3.05) is 11.7 Å². The molecule has 0 radical (unpaired) electrons. The zero-order valence-corrected chi connectivity index (χ0v) is 8.09. The Hall–Kier alpha value is -1.70. The largest absolute Gasteiger partial charge is 0.329 e. The summed E-state index contributed by atoms with van der Waals surface area (Å²) in [5, 5.41) is 3.66. The van der Waals surface area contributed by atoms with Gasteiger partial charge in [0, 0.05) is 0 Å². The van der Waals surface area contributed by atoms with Crippen molar-refractivity contribution in [2.45, 2.75) is 5.16 Å². The van der Waals surface area contributed by atoms with E-state index in [0.717, 1.165) is 0 Å². The number of hydrogen-bond donors (Lipinski definition) is 3. The van der Waals surface area contributed by atoms with Crippen LogP contribution in [0.2, 0.25) is 0 Å². The molecule has 0 atom stereocenters. The van der Waals surface area contributed by atoms with Gasteiger partial charge in [0.1, 0.15) is 0 Å². The second-order valence-corrected chi connectivity index (χ2v) is 3.16. The molecule has 2 aromatic rings. The Balaban J connectivity index is 2.63. The van der Waals surface area contributed by atoms with Crippen LogP contribution in [0.1, 0.15) is 0 Å². The number of fused-ring (bicyclic) bond motifs is 1. The number of thioether (sulfide) groups is 1. The van der Waals surface area contributed by atoms with Crippen molar-refractivity contribution >= 4 is 28.7 Å². The van der Waals surface area contributed by atoms with Gasteiger partial charge in [0.15, 0.2) is 22.1 Å². The van der Waals surface area contributed by atoms with Crippen LogP contribution in [0.3, 0.4) is 0 Å². The van der Waals surface area contributed by atoms with Gasteiger partial charge in [-0.15, -0.1) is 0 Å². The van der Waals surface area contributed by atoms with Crippen molar-refractivity contribution in [3.05, 3.63) is 6.33 Å². The van der Waals surface area contributed by atoms with Gasteiger partial charge < -0.3 is 4.98 Å². The zero-order chi connectivity index (χ0) is 9.97. The van der Waals surface area contributed by atoms with Gasteiger partial charge in [-0.2, -0.15) is 5.53 Å². The number of nitrogens with zero attached hydrogens (tertiary/aromatic N) is 4. The summed E-state index contributed by atoms with van der Waals surface area (Å²) in [7, 11) is 0. The van der Waals surface area contributed by atoms with Gasteiger partial charge in [-0.25, -0.2) is 20.4 Å². The molecule has 3 N–H and O–H groups in total. The molecule has 2 aromatic heterocycles. The van der Waals surface area contributed by atoms with Crippen molar-refractivity contribution in [2.24, 2.45) is 5.22 Å². The molecule has 0 aliphatic carbocycles. The summed E-state index contributed by atoms with van der Waals surface area (Å²) < 4.78 is 0. The Morgan fingerprint density at radius 2 is 2.43 bits per heavy atom. The number of imidazole rings is 1. The smallest absolute Gasteiger partial charge is 0.191 e. The lowest BCUT2D eigenvalue weighted by molar-refractivity contribution is 0.965. The fourth-order valence-corrected chi connectivity index (χ4v) is 1.40. The molecule has 0 amide bonds. The molecular weight excluding hydrogens is 202 g/mol. The van der Waals surface area contributed by atoms with Crippen molar-refractivity contribution < 1.29 is 0 Å². The number of aromatic nitrogens is 4. The summed E-state index contributed by atoms with van der Waals surface area (Å²) in [6.07, 6.45) is 3.40. The van der Waals surface area contributed by atoms with E-state index in [1.807, 2.05) is 6.26 Å². The van der Waals surface area contributed by atoms with E-state index in [9.17, 15) is 0 Å². The van der Waals surface area contributed by atoms with Gasteiger partial charge in [-0.3, -0.25) is 0 Å². The number of H-pyrrole nitrogens is 1. The topological polar surface area (TPSA) is 103 Å². The Morgan fingerprint density at radius 1 is 1.57 bits per heavy atom. The highest BCUT2D eigenvalue weighted by atomic mass is 32.2. The Morgan fingerprint density at radius 3 is 3.14 bits per heavy atom. The molecule has 0 unspecified atom stereocenters. The average molecular weight is 209 g/mol. The predicted octanol–water partition coefficient (Wildman–Crippen LogP) is 1.43. The van der Waals surface area contributed by atoms with E-state index in [4.69, 9.17) is 5.53 Å². The van der Waals surface area contributed by atoms with Crippen LogP contribution >= 0.6 is 11.8 Å². The minimum absolute atomic E-state index is 0.440. The van der Waals surface area contributed by atoms with Gasteiger partial charge >= 0.3 is 0 Å². The van der Waals surface area contributed by atoms with Gasteiger partial charge in [-0.05, 0) is 6.26 Å². The third-order valence-electron chi connectivity index (χ3n) is 1.60. The molecule has 2 heterocycles. The first-order valence-corrected chi connectivity index (χ1v) is 4.95. The number of anilines is 1. The molecule has 0 saturated carbocycles. The monoisotopic (exact) mass is 209 g/mol. The predicted molar refractivity (Wildman–Crippen MR) is 52.2 cm³/mol. The van der Waals surface area contributed by atoms with Crippen molar-refractivity contribution in [3.8, 4) is 0 Å². The molecule has 0 spiro atoms. The maximum Gasteiger partial charge on any atom is 0.191 e. The van der Waals surface area contributed by atoms with Crippen LogP contribution in [0.25, 0.3) is 11.2 Å². The fraction of sp³-hybridized carbons (Fsp3) is 0.167. The van der Waals surface area contributed by atoms with Crippen molar-refractivity contribution in [1.82, 2.24) is 19.9 Å². The van der Waals surface area contributed by atoms with E-state index in [-0.39, 0.29) is 0 Å². The maximum absolute atomic E-state index is 6.70. The normalized spacial score (nSPS) is 10.4. The third kappa shape index (κ3) is 1.39. The lowest BCUT2D eigenvalue weighted by Crippen LogP contribution is -1.96. The van der Waals surface area contributed by atoms with Crippen molar-refractivity contribution in [3.63, 3.8) is 0 Å². The first-order valence-electron chi connectivity index (χ1n) is 3.72. The quantitative estimate of drug-likeness (QED) is 0.307. The second-order valence-electron chi connectivity index (χ2n) is 2.38. The lowest BCUT2D eigenvalue weighted by atomic mass is 10.5. The summed E-state index contributed by atoms with van der Waals surface area (Å²) in [4.78, 5) is 15.2. The minimum Gasteiger partial charge on any atom is -0.329 e. The molecule has 2 rings (SSSR count). The average Bonchev–Trinajstić information content (AvgIpc) is 2.66. The van der Waals surface area contributed by atoms with Gasteiger partial charge in [0.25, 0.3) is 0 Å². The molecule has 7 nitrogen and oxygen atoms in total. The summed E-state index contributed by atoms with van der Waals surface area (Å²) in [6.45, 7) is 0. The van der Waals surface area contributed by atoms with Crippen LogP contribution in [0.5, 0.6) is 0 Å². The molecule has 0 bridgehead atoms. The first-order chi connectivity index (χ1) is 6.85. The van der Waals surface area contributed by atoms with Crippen LogP contribution < -0.4 is 5.43 Å². The minimum atomic E-state index is 0.440. The summed E-state index contributed by atoms with van der Waals surface area (Å²) >= 11 is 1.41. The maximum atomic E-state index is 6.70. The zero-order valence-electron chi connectivity index (χ0n) is 7.27. The highest BCUT2D eigenvalue weighted by Crippen LogP contribution is 2.20. The Labute approximate surface area is 83.2 Å². The first kappa shape index (κ1) is 8.88. The standard InChI is InChI=1S/C6H7N7S/c1-14-6-10-4-3(8-2-9-4)5(11-6)12-13-7/h2H,1H3,(H3,7,8,9,10,11,12). The molecule has 8 heteroatoms. The molecule has 0 aliphatic heterocycles. The highest BCUT2D eigenvalue weighted by molar-refractivity contribution is 7.98. The molecule has 0 fully saturated rings.